The largest absolute Gasteiger partial charge is 0.457 e. The van der Waals surface area contributed by atoms with Crippen LogP contribution in [0.25, 0.3) is 0 Å². The Kier molecular flexibility index (Phi) is 3.45. The molecule has 2 aromatic rings. The number of Topliss-reactive ketones (excluding diaryl/α,β-unsaturated/α-hetero) is 1. The van der Waals surface area contributed by atoms with Crippen LogP contribution in [-0.2, 0) is 16.0 Å². The second kappa shape index (κ2) is 5.30. The summed E-state index contributed by atoms with van der Waals surface area (Å²) in [5.41, 5.74) is 0.174. The summed E-state index contributed by atoms with van der Waals surface area (Å²) in [6, 6.07) is 14.6. The zero-order chi connectivity index (χ0) is 15.7. The first-order valence-electron chi connectivity index (χ1n) is 7.08. The van der Waals surface area contributed by atoms with Crippen molar-refractivity contribution in [1.82, 2.24) is 0 Å². The Morgan fingerprint density at radius 2 is 1.86 bits per heavy atom. The van der Waals surface area contributed by atoms with Crippen LogP contribution >= 0.6 is 0 Å². The highest BCUT2D eigenvalue weighted by Crippen LogP contribution is 2.32. The van der Waals surface area contributed by atoms with Crippen LogP contribution in [0.2, 0.25) is 0 Å². The molecule has 0 saturated carbocycles. The van der Waals surface area contributed by atoms with Gasteiger partial charge >= 0.3 is 5.97 Å². The monoisotopic (exact) mass is 296 g/mol. The van der Waals surface area contributed by atoms with E-state index in [9.17, 15) is 9.59 Å². The van der Waals surface area contributed by atoms with E-state index >= 15 is 0 Å². The number of hydrogen-bond donors (Lipinski definition) is 0. The predicted molar refractivity (Wildman–Crippen MR) is 81.2 cm³/mol. The number of esters is 1. The van der Waals surface area contributed by atoms with Crippen LogP contribution in [-0.4, -0.2) is 17.4 Å². The molecule has 3 rings (SSSR count). The van der Waals surface area contributed by atoms with Crippen LogP contribution in [0, 0.1) is 0 Å². The van der Waals surface area contributed by atoms with Gasteiger partial charge in [-0.25, -0.2) is 4.79 Å². The van der Waals surface area contributed by atoms with Crippen LogP contribution < -0.4 is 4.74 Å². The zero-order valence-electron chi connectivity index (χ0n) is 12.5. The lowest BCUT2D eigenvalue weighted by Crippen LogP contribution is -2.44. The summed E-state index contributed by atoms with van der Waals surface area (Å²) in [5, 5.41) is 0. The van der Waals surface area contributed by atoms with Gasteiger partial charge in [-0.1, -0.05) is 24.3 Å². The highest BCUT2D eigenvalue weighted by Gasteiger charge is 2.40. The Labute approximate surface area is 128 Å². The molecule has 0 bridgehead atoms. The SMILES string of the molecule is CC(=O)C1(C)Cc2ccc(Oc3ccccc3)cc2C(=O)O1. The molecule has 2 aromatic carbocycles. The minimum Gasteiger partial charge on any atom is -0.457 e. The molecule has 1 atom stereocenters. The molecular formula is C18H16O4. The van der Waals surface area contributed by atoms with Gasteiger partial charge in [0.05, 0.1) is 5.56 Å². The first kappa shape index (κ1) is 14.3. The van der Waals surface area contributed by atoms with E-state index in [1.54, 1.807) is 19.1 Å². The van der Waals surface area contributed by atoms with E-state index in [1.165, 1.54) is 6.92 Å². The van der Waals surface area contributed by atoms with Crippen molar-refractivity contribution in [1.29, 1.82) is 0 Å². The van der Waals surface area contributed by atoms with E-state index in [1.807, 2.05) is 36.4 Å². The van der Waals surface area contributed by atoms with E-state index in [4.69, 9.17) is 9.47 Å². The summed E-state index contributed by atoms with van der Waals surface area (Å²) in [6.45, 7) is 3.08. The Balaban J connectivity index is 1.91. The van der Waals surface area contributed by atoms with Crippen LogP contribution in [0.3, 0.4) is 0 Å². The molecule has 0 amide bonds. The number of benzene rings is 2. The predicted octanol–water partition coefficient (Wildman–Crippen LogP) is 3.54. The number of ketones is 1. The second-order valence-corrected chi connectivity index (χ2v) is 5.59. The first-order chi connectivity index (χ1) is 10.5. The van der Waals surface area contributed by atoms with Gasteiger partial charge in [-0.05, 0) is 43.7 Å². The molecule has 4 heteroatoms. The van der Waals surface area contributed by atoms with Gasteiger partial charge < -0.3 is 9.47 Å². The van der Waals surface area contributed by atoms with Gasteiger partial charge in [0.2, 0.25) is 0 Å². The fraction of sp³-hybridized carbons (Fsp3) is 0.222. The van der Waals surface area contributed by atoms with E-state index in [2.05, 4.69) is 0 Å². The summed E-state index contributed by atoms with van der Waals surface area (Å²) in [7, 11) is 0. The molecular weight excluding hydrogens is 280 g/mol. The van der Waals surface area contributed by atoms with Crippen molar-refractivity contribution in [3.63, 3.8) is 0 Å². The molecule has 0 radical (unpaired) electrons. The third-order valence-corrected chi connectivity index (χ3v) is 3.87. The Hall–Kier alpha value is -2.62. The molecule has 0 N–H and O–H groups in total. The molecule has 0 saturated heterocycles. The molecule has 0 spiro atoms. The fourth-order valence-corrected chi connectivity index (χ4v) is 2.44. The van der Waals surface area contributed by atoms with Gasteiger partial charge in [0.25, 0.3) is 0 Å². The molecule has 1 aliphatic rings. The van der Waals surface area contributed by atoms with Crippen molar-refractivity contribution in [2.75, 3.05) is 0 Å². The number of fused-ring (bicyclic) bond motifs is 1. The first-order valence-corrected chi connectivity index (χ1v) is 7.08. The summed E-state index contributed by atoms with van der Waals surface area (Å²) >= 11 is 0. The minimum absolute atomic E-state index is 0.156. The Bertz CT molecular complexity index is 736. The lowest BCUT2D eigenvalue weighted by Gasteiger charge is -2.32. The maximum Gasteiger partial charge on any atom is 0.339 e. The number of hydrogen-bond acceptors (Lipinski definition) is 4. The maximum absolute atomic E-state index is 12.2. The van der Waals surface area contributed by atoms with Gasteiger partial charge in [-0.15, -0.1) is 0 Å². The molecule has 1 aliphatic heterocycles. The van der Waals surface area contributed by atoms with Crippen LogP contribution in [0.4, 0.5) is 0 Å². The lowest BCUT2D eigenvalue weighted by atomic mass is 9.87. The molecule has 0 fully saturated rings. The van der Waals surface area contributed by atoms with Crippen LogP contribution in [0.5, 0.6) is 11.5 Å². The number of para-hydroxylation sites is 1. The number of rotatable bonds is 3. The van der Waals surface area contributed by atoms with Crippen molar-refractivity contribution < 1.29 is 19.1 Å². The molecule has 1 heterocycles. The number of carbonyl (C=O) groups is 2. The topological polar surface area (TPSA) is 52.6 Å². The van der Waals surface area contributed by atoms with Crippen molar-refractivity contribution in [3.8, 4) is 11.5 Å². The molecule has 4 nitrogen and oxygen atoms in total. The van der Waals surface area contributed by atoms with Crippen molar-refractivity contribution in [2.45, 2.75) is 25.9 Å². The van der Waals surface area contributed by atoms with Crippen molar-refractivity contribution in [3.05, 3.63) is 59.7 Å². The standard InChI is InChI=1S/C18H16O4/c1-12(19)18(2)11-13-8-9-15(10-16(13)17(20)22-18)21-14-6-4-3-5-7-14/h3-10H,11H2,1-2H3. The number of carbonyl (C=O) groups excluding carboxylic acids is 2. The summed E-state index contributed by atoms with van der Waals surface area (Å²) in [4.78, 5) is 23.9. The fourth-order valence-electron chi connectivity index (χ4n) is 2.44. The summed E-state index contributed by atoms with van der Waals surface area (Å²) in [6.07, 6.45) is 0.384. The summed E-state index contributed by atoms with van der Waals surface area (Å²) in [5.74, 6) is 0.613. The van der Waals surface area contributed by atoms with E-state index < -0.39 is 11.6 Å². The molecule has 112 valence electrons. The average Bonchev–Trinajstić information content (AvgIpc) is 2.49. The van der Waals surface area contributed by atoms with Gasteiger partial charge in [0, 0.05) is 6.42 Å². The van der Waals surface area contributed by atoms with E-state index in [0.29, 0.717) is 23.5 Å². The van der Waals surface area contributed by atoms with Gasteiger partial charge in [0.1, 0.15) is 11.5 Å². The summed E-state index contributed by atoms with van der Waals surface area (Å²) < 4.78 is 11.0. The highest BCUT2D eigenvalue weighted by atomic mass is 16.6. The minimum atomic E-state index is -1.08. The highest BCUT2D eigenvalue weighted by molar-refractivity contribution is 5.97. The number of cyclic esters (lactones) is 1. The molecule has 0 aliphatic carbocycles. The van der Waals surface area contributed by atoms with Crippen molar-refractivity contribution >= 4 is 11.8 Å². The smallest absolute Gasteiger partial charge is 0.339 e. The van der Waals surface area contributed by atoms with Gasteiger partial charge in [0.15, 0.2) is 11.4 Å². The average molecular weight is 296 g/mol. The second-order valence-electron chi connectivity index (χ2n) is 5.59. The maximum atomic E-state index is 12.2. The van der Waals surface area contributed by atoms with Gasteiger partial charge in [-0.2, -0.15) is 0 Å². The quantitative estimate of drug-likeness (QED) is 0.813. The Morgan fingerprint density at radius 3 is 2.55 bits per heavy atom. The van der Waals surface area contributed by atoms with Gasteiger partial charge in [-0.3, -0.25) is 4.79 Å². The van der Waals surface area contributed by atoms with Crippen LogP contribution in [0.1, 0.15) is 29.8 Å². The van der Waals surface area contributed by atoms with E-state index in [0.717, 1.165) is 5.56 Å². The zero-order valence-corrected chi connectivity index (χ0v) is 12.5. The lowest BCUT2D eigenvalue weighted by molar-refractivity contribution is -0.135. The third-order valence-electron chi connectivity index (χ3n) is 3.87. The molecule has 0 aromatic heterocycles. The normalized spacial score (nSPS) is 20.0. The van der Waals surface area contributed by atoms with Crippen molar-refractivity contribution in [2.24, 2.45) is 0 Å². The Morgan fingerprint density at radius 1 is 1.14 bits per heavy atom. The molecule has 1 unspecified atom stereocenters. The molecule has 22 heavy (non-hydrogen) atoms. The van der Waals surface area contributed by atoms with E-state index in [-0.39, 0.29) is 5.78 Å². The van der Waals surface area contributed by atoms with Crippen LogP contribution in [0.15, 0.2) is 48.5 Å². The third kappa shape index (κ3) is 2.60. The number of ether oxygens (including phenoxy) is 2.